The minimum absolute atomic E-state index is 0.230. The smallest absolute Gasteiger partial charge is 0.220 e. The zero-order chi connectivity index (χ0) is 83.1. The number of hydrogen-bond donors (Lipinski definition) is 12. The van der Waals surface area contributed by atoms with Crippen LogP contribution < -0.4 is 5.32 Å². The summed E-state index contributed by atoms with van der Waals surface area (Å²) in [7, 11) is 0. The maximum Gasteiger partial charge on any atom is 0.220 e. The van der Waals surface area contributed by atoms with E-state index >= 15 is 0 Å². The first-order valence-corrected chi connectivity index (χ1v) is 49.8. The molecule has 3 fully saturated rings. The molecule has 0 aromatic carbocycles. The molecule has 3 saturated heterocycles. The van der Waals surface area contributed by atoms with Gasteiger partial charge in [-0.1, -0.05) is 457 Å². The molecular formula is C96H187NO18. The van der Waals surface area contributed by atoms with Gasteiger partial charge in [0.25, 0.3) is 0 Å². The summed E-state index contributed by atoms with van der Waals surface area (Å²) in [5, 5.41) is 122. The van der Waals surface area contributed by atoms with Gasteiger partial charge in [-0.2, -0.15) is 0 Å². The molecule has 0 aromatic heterocycles. The molecule has 12 N–H and O–H groups in total. The Bertz CT molecular complexity index is 2070. The van der Waals surface area contributed by atoms with Crippen molar-refractivity contribution >= 4 is 5.91 Å². The van der Waals surface area contributed by atoms with Gasteiger partial charge in [-0.05, 0) is 12.8 Å². The molecule has 0 saturated carbocycles. The Kier molecular flexibility index (Phi) is 71.8. The average molecular weight is 1640 g/mol. The van der Waals surface area contributed by atoms with Crippen molar-refractivity contribution in [2.75, 3.05) is 26.4 Å². The van der Waals surface area contributed by atoms with E-state index in [0.717, 1.165) is 44.9 Å². The summed E-state index contributed by atoms with van der Waals surface area (Å²) >= 11 is 0. The molecule has 0 spiro atoms. The fraction of sp³-hybridized carbons (Fsp3) is 0.990. The second-order valence-electron chi connectivity index (χ2n) is 36.0. The lowest BCUT2D eigenvalue weighted by Gasteiger charge is -2.48. The van der Waals surface area contributed by atoms with Gasteiger partial charge in [-0.3, -0.25) is 4.79 Å². The number of hydrogen-bond acceptors (Lipinski definition) is 18. The minimum atomic E-state index is -1.97. The zero-order valence-electron chi connectivity index (χ0n) is 74.3. The minimum Gasteiger partial charge on any atom is -0.394 e. The number of nitrogens with one attached hydrogen (secondary N) is 1. The summed E-state index contributed by atoms with van der Waals surface area (Å²) < 4.78 is 34.7. The first-order valence-electron chi connectivity index (χ1n) is 49.8. The molecule has 0 aliphatic carbocycles. The molecule has 3 aliphatic heterocycles. The van der Waals surface area contributed by atoms with Crippen LogP contribution in [0, 0.1) is 0 Å². The molecule has 0 aromatic rings. The Morgan fingerprint density at radius 3 is 0.757 bits per heavy atom. The monoisotopic (exact) mass is 1640 g/mol. The van der Waals surface area contributed by atoms with Crippen LogP contribution in [0.2, 0.25) is 0 Å². The average Bonchev–Trinajstić information content (AvgIpc) is 0.778. The maximum atomic E-state index is 13.6. The summed E-state index contributed by atoms with van der Waals surface area (Å²) in [5.41, 5.74) is 0. The van der Waals surface area contributed by atoms with Crippen LogP contribution in [0.25, 0.3) is 0 Å². The molecule has 0 radical (unpaired) electrons. The van der Waals surface area contributed by atoms with Gasteiger partial charge in [0, 0.05) is 6.42 Å². The van der Waals surface area contributed by atoms with Crippen molar-refractivity contribution in [2.45, 2.75) is 580 Å². The summed E-state index contributed by atoms with van der Waals surface area (Å²) in [6.07, 6.45) is 68.3. The highest BCUT2D eigenvalue weighted by atomic mass is 16.8. The lowest BCUT2D eigenvalue weighted by atomic mass is 9.96. The van der Waals surface area contributed by atoms with E-state index in [4.69, 9.17) is 28.4 Å². The number of rotatable bonds is 84. The van der Waals surface area contributed by atoms with Crippen LogP contribution in [0.5, 0.6) is 0 Å². The zero-order valence-corrected chi connectivity index (χ0v) is 74.3. The van der Waals surface area contributed by atoms with Gasteiger partial charge >= 0.3 is 0 Å². The highest BCUT2D eigenvalue weighted by Crippen LogP contribution is 2.34. The fourth-order valence-corrected chi connectivity index (χ4v) is 17.6. The van der Waals surface area contributed by atoms with Crippen LogP contribution in [0.4, 0.5) is 0 Å². The summed E-state index contributed by atoms with van der Waals surface area (Å²) in [4.78, 5) is 13.6. The number of carbonyl (C=O) groups is 1. The summed E-state index contributed by atoms with van der Waals surface area (Å²) in [6, 6.07) is -0.885. The summed E-state index contributed by atoms with van der Waals surface area (Å²) in [6.45, 7) is 1.90. The Hall–Kier alpha value is -1.21. The number of aliphatic hydroxyl groups excluding tert-OH is 11. The van der Waals surface area contributed by atoms with Crippen LogP contribution in [0.3, 0.4) is 0 Å². The molecule has 115 heavy (non-hydrogen) atoms. The third kappa shape index (κ3) is 54.2. The van der Waals surface area contributed by atoms with Crippen LogP contribution in [0.1, 0.15) is 476 Å². The van der Waals surface area contributed by atoms with Crippen molar-refractivity contribution in [3.05, 3.63) is 0 Å². The lowest BCUT2D eigenvalue weighted by molar-refractivity contribution is -0.379. The van der Waals surface area contributed by atoms with E-state index in [1.807, 2.05) is 0 Å². The van der Waals surface area contributed by atoms with Gasteiger partial charge < -0.3 is 89.9 Å². The first kappa shape index (κ1) is 108. The van der Waals surface area contributed by atoms with E-state index in [-0.39, 0.29) is 18.9 Å². The van der Waals surface area contributed by atoms with Gasteiger partial charge in [0.1, 0.15) is 73.2 Å². The molecule has 19 heteroatoms. The number of aliphatic hydroxyl groups is 11. The quantitative estimate of drug-likeness (QED) is 0.0252. The molecule has 17 unspecified atom stereocenters. The SMILES string of the molecule is CCCCCCCCCCCCCCCCCCCCCCCCCCCCCCCCCCCCCCCCCCCC(=O)NC(COC1OC(CO)C(OC2OC(CO)C(OC3OC(CO)C(O)C(O)C3O)C(O)C2O)C(O)C1O)C(O)CCCCCCCCCCCCCCCCCCCCCCCCCCCCCCC. The second-order valence-corrected chi connectivity index (χ2v) is 36.0. The highest BCUT2D eigenvalue weighted by Gasteiger charge is 2.54. The number of amides is 1. The van der Waals surface area contributed by atoms with Crippen LogP contribution >= 0.6 is 0 Å². The van der Waals surface area contributed by atoms with E-state index in [9.17, 15) is 61.0 Å². The number of carbonyl (C=O) groups excluding carboxylic acids is 1. The molecule has 1 amide bonds. The Labute approximate surface area is 704 Å². The normalized spacial score (nSPS) is 24.5. The molecule has 17 atom stereocenters. The molecular weight excluding hydrogens is 1460 g/mol. The summed E-state index contributed by atoms with van der Waals surface area (Å²) in [5.74, 6) is -0.230. The predicted molar refractivity (Wildman–Crippen MR) is 467 cm³/mol. The molecule has 0 bridgehead atoms. The van der Waals surface area contributed by atoms with Crippen molar-refractivity contribution in [1.82, 2.24) is 5.32 Å². The van der Waals surface area contributed by atoms with Crippen molar-refractivity contribution in [2.24, 2.45) is 0 Å². The van der Waals surface area contributed by atoms with E-state index in [0.29, 0.717) is 12.8 Å². The third-order valence-electron chi connectivity index (χ3n) is 25.4. The molecule has 19 nitrogen and oxygen atoms in total. The number of ether oxygens (including phenoxy) is 6. The van der Waals surface area contributed by atoms with Crippen molar-refractivity contribution < 1.29 is 89.4 Å². The van der Waals surface area contributed by atoms with Crippen molar-refractivity contribution in [1.29, 1.82) is 0 Å². The topological polar surface area (TPSA) is 307 Å². The van der Waals surface area contributed by atoms with Gasteiger partial charge in [0.15, 0.2) is 18.9 Å². The van der Waals surface area contributed by atoms with Crippen LogP contribution in [0.15, 0.2) is 0 Å². The van der Waals surface area contributed by atoms with E-state index in [2.05, 4.69) is 19.2 Å². The van der Waals surface area contributed by atoms with Gasteiger partial charge in [0.05, 0.1) is 38.6 Å². The van der Waals surface area contributed by atoms with Crippen LogP contribution in [-0.2, 0) is 33.2 Å². The molecule has 684 valence electrons. The Balaban J connectivity index is 1.26. The molecule has 3 heterocycles. The first-order chi connectivity index (χ1) is 56.3. The van der Waals surface area contributed by atoms with E-state index < -0.39 is 124 Å². The van der Waals surface area contributed by atoms with Crippen molar-refractivity contribution in [3.63, 3.8) is 0 Å². The third-order valence-corrected chi connectivity index (χ3v) is 25.4. The van der Waals surface area contributed by atoms with Crippen molar-refractivity contribution in [3.8, 4) is 0 Å². The van der Waals surface area contributed by atoms with Gasteiger partial charge in [-0.25, -0.2) is 0 Å². The van der Waals surface area contributed by atoms with E-state index in [1.165, 1.54) is 398 Å². The van der Waals surface area contributed by atoms with Crippen LogP contribution in [-0.4, -0.2) is 193 Å². The Morgan fingerprint density at radius 1 is 0.278 bits per heavy atom. The molecule has 3 rings (SSSR count). The van der Waals surface area contributed by atoms with E-state index in [1.54, 1.807) is 0 Å². The Morgan fingerprint density at radius 2 is 0.496 bits per heavy atom. The van der Waals surface area contributed by atoms with Gasteiger partial charge in [-0.15, -0.1) is 0 Å². The highest BCUT2D eigenvalue weighted by molar-refractivity contribution is 5.76. The van der Waals surface area contributed by atoms with Gasteiger partial charge in [0.2, 0.25) is 5.91 Å². The standard InChI is InChI=1S/C96H187NO18/c1-3-5-7-9-11-13-15-17-19-21-23-25-27-29-31-33-34-35-36-37-38-39-40-41-42-43-44-46-48-50-52-54-56-58-60-62-64-66-68-70-72-74-84(102)97-79(80(101)73-71-69-67-65-63-61-59-57-55-53-51-49-47-45-32-30-28-26-24-22-20-18-16-14-12-10-8-6-4-2)78-110-94-90(108)87(105)92(82(76-99)112-94)115-96-91(109)88(106)93(83(77-100)113-96)114-95-89(107)86(104)85(103)81(75-98)111-95/h79-83,85-96,98-101,103-109H,3-78H2,1-2H3,(H,97,102). The maximum absolute atomic E-state index is 13.6. The fourth-order valence-electron chi connectivity index (χ4n) is 17.6. The lowest BCUT2D eigenvalue weighted by Crippen LogP contribution is -2.66. The second kappa shape index (κ2) is 76.4. The molecule has 3 aliphatic rings. The largest absolute Gasteiger partial charge is 0.394 e. The number of unbranched alkanes of at least 4 members (excludes halogenated alkanes) is 68. The predicted octanol–water partition coefficient (Wildman–Crippen LogP) is 20.4.